The summed E-state index contributed by atoms with van der Waals surface area (Å²) in [6.45, 7) is 0. The lowest BCUT2D eigenvalue weighted by Crippen LogP contribution is -2.44. The highest BCUT2D eigenvalue weighted by atomic mass is 19.2. The van der Waals surface area contributed by atoms with E-state index in [0.29, 0.717) is 29.6 Å². The highest BCUT2D eigenvalue weighted by Gasteiger charge is 2.38. The van der Waals surface area contributed by atoms with Crippen LogP contribution in [0.4, 0.5) is 14.6 Å². The fraction of sp³-hybridized carbons (Fsp3) is 0.381. The smallest absolute Gasteiger partial charge is 0.183 e. The van der Waals surface area contributed by atoms with Gasteiger partial charge in [0, 0.05) is 36.1 Å². The van der Waals surface area contributed by atoms with Gasteiger partial charge in [-0.2, -0.15) is 0 Å². The van der Waals surface area contributed by atoms with Crippen LogP contribution < -0.4 is 5.32 Å². The van der Waals surface area contributed by atoms with E-state index < -0.39 is 11.6 Å². The monoisotopic (exact) mass is 396 g/mol. The lowest BCUT2D eigenvalue weighted by molar-refractivity contribution is 0.168. The maximum Gasteiger partial charge on any atom is 0.183 e. The molecule has 0 aliphatic carbocycles. The molecule has 1 aromatic carbocycles. The molecule has 2 bridgehead atoms. The van der Waals surface area contributed by atoms with Crippen molar-refractivity contribution in [3.8, 4) is 16.9 Å². The highest BCUT2D eigenvalue weighted by Crippen LogP contribution is 2.35. The van der Waals surface area contributed by atoms with Crippen LogP contribution in [-0.2, 0) is 0 Å². The van der Waals surface area contributed by atoms with Crippen molar-refractivity contribution in [3.05, 3.63) is 54.6 Å². The van der Waals surface area contributed by atoms with E-state index in [-0.39, 0.29) is 11.3 Å². The second-order valence-electron chi connectivity index (χ2n) is 7.90. The number of nitrogens with zero attached hydrogens (tertiary/aromatic N) is 5. The number of anilines is 1. The van der Waals surface area contributed by atoms with Crippen molar-refractivity contribution in [2.75, 3.05) is 12.4 Å². The molecule has 3 aromatic rings. The van der Waals surface area contributed by atoms with Crippen LogP contribution >= 0.6 is 0 Å². The van der Waals surface area contributed by atoms with Crippen LogP contribution in [0.3, 0.4) is 0 Å². The van der Waals surface area contributed by atoms with Crippen LogP contribution in [0.5, 0.6) is 0 Å². The number of fused-ring (bicyclic) bond motifs is 2. The van der Waals surface area contributed by atoms with Gasteiger partial charge in [0.15, 0.2) is 11.6 Å². The molecule has 0 radical (unpaired) electrons. The molecule has 0 saturated carbocycles. The molecule has 2 saturated heterocycles. The molecule has 1 N–H and O–H groups in total. The Hall–Kier alpha value is -2.87. The van der Waals surface area contributed by atoms with Gasteiger partial charge in [0.2, 0.25) is 0 Å². The maximum atomic E-state index is 14.6. The maximum absolute atomic E-state index is 14.6. The molecule has 150 valence electrons. The number of nitrogens with one attached hydrogen (secondary N) is 1. The molecule has 2 atom stereocenters. The van der Waals surface area contributed by atoms with Crippen molar-refractivity contribution in [2.45, 2.75) is 43.8 Å². The van der Waals surface area contributed by atoms with E-state index in [1.165, 1.54) is 42.1 Å². The molecule has 29 heavy (non-hydrogen) atoms. The van der Waals surface area contributed by atoms with Crippen molar-refractivity contribution in [2.24, 2.45) is 0 Å². The number of benzene rings is 1. The van der Waals surface area contributed by atoms with Crippen LogP contribution in [0, 0.1) is 11.6 Å². The summed E-state index contributed by atoms with van der Waals surface area (Å²) in [4.78, 5) is 6.35. The number of hydrogen-bond donors (Lipinski definition) is 1. The summed E-state index contributed by atoms with van der Waals surface area (Å²) in [5.74, 6) is -1.22. The Bertz CT molecular complexity index is 991. The van der Waals surface area contributed by atoms with Crippen LogP contribution in [0.15, 0.2) is 43.0 Å². The third kappa shape index (κ3) is 3.27. The van der Waals surface area contributed by atoms with Crippen molar-refractivity contribution in [3.63, 3.8) is 0 Å². The van der Waals surface area contributed by atoms with E-state index in [9.17, 15) is 8.78 Å². The quantitative estimate of drug-likeness (QED) is 0.730. The standard InChI is InChI=1S/C21H22F2N6/c1-28-14-2-3-15(28)11-13(10-14)25-19-7-5-17(26-27-19)16-4-6-18(21(23)20(16)22)29-9-8-24-12-29/h4-9,12-15H,2-3,10-11H2,1H3,(H,25,27). The molecule has 0 spiro atoms. The van der Waals surface area contributed by atoms with Gasteiger partial charge in [0.1, 0.15) is 5.82 Å². The van der Waals surface area contributed by atoms with Gasteiger partial charge >= 0.3 is 0 Å². The first kappa shape index (κ1) is 18.2. The first-order chi connectivity index (χ1) is 14.1. The molecule has 4 heterocycles. The fourth-order valence-electron chi connectivity index (χ4n) is 4.63. The Morgan fingerprint density at radius 2 is 1.79 bits per heavy atom. The zero-order chi connectivity index (χ0) is 20.0. The summed E-state index contributed by atoms with van der Waals surface area (Å²) in [6.07, 6.45) is 9.18. The molecule has 5 rings (SSSR count). The van der Waals surface area contributed by atoms with Crippen molar-refractivity contribution >= 4 is 5.82 Å². The minimum absolute atomic E-state index is 0.0859. The number of hydrogen-bond acceptors (Lipinski definition) is 5. The van der Waals surface area contributed by atoms with Crippen LogP contribution in [-0.4, -0.2) is 49.8 Å². The summed E-state index contributed by atoms with van der Waals surface area (Å²) in [6, 6.07) is 8.11. The molecule has 2 fully saturated rings. The van der Waals surface area contributed by atoms with Gasteiger partial charge in [0.05, 0.1) is 17.7 Å². The minimum Gasteiger partial charge on any atom is -0.366 e. The third-order valence-electron chi connectivity index (χ3n) is 6.24. The van der Waals surface area contributed by atoms with Gasteiger partial charge in [0.25, 0.3) is 0 Å². The van der Waals surface area contributed by atoms with E-state index in [1.54, 1.807) is 18.3 Å². The molecular weight excluding hydrogens is 374 g/mol. The number of halogens is 2. The Labute approximate surface area is 167 Å². The van der Waals surface area contributed by atoms with Gasteiger partial charge in [-0.25, -0.2) is 13.8 Å². The average molecular weight is 396 g/mol. The van der Waals surface area contributed by atoms with E-state index >= 15 is 0 Å². The molecular formula is C21H22F2N6. The number of aromatic nitrogens is 4. The molecule has 2 aromatic heterocycles. The van der Waals surface area contributed by atoms with Crippen LogP contribution in [0.25, 0.3) is 16.9 Å². The lowest BCUT2D eigenvalue weighted by atomic mass is 9.98. The molecule has 8 heteroatoms. The predicted octanol–water partition coefficient (Wildman–Crippen LogP) is 3.64. The zero-order valence-electron chi connectivity index (χ0n) is 16.1. The molecule has 0 amide bonds. The number of rotatable bonds is 4. The van der Waals surface area contributed by atoms with Gasteiger partial charge in [-0.3, -0.25) is 0 Å². The van der Waals surface area contributed by atoms with Gasteiger partial charge in [-0.15, -0.1) is 10.2 Å². The molecule has 2 aliphatic rings. The normalized spacial score (nSPS) is 24.0. The Morgan fingerprint density at radius 3 is 2.45 bits per heavy atom. The summed E-state index contributed by atoms with van der Waals surface area (Å²) in [5, 5.41) is 11.8. The Kier molecular flexibility index (Phi) is 4.50. The van der Waals surface area contributed by atoms with Crippen molar-refractivity contribution in [1.82, 2.24) is 24.6 Å². The third-order valence-corrected chi connectivity index (χ3v) is 6.24. The largest absolute Gasteiger partial charge is 0.366 e. The summed E-state index contributed by atoms with van der Waals surface area (Å²) in [7, 11) is 2.21. The second-order valence-corrected chi connectivity index (χ2v) is 7.90. The Morgan fingerprint density at radius 1 is 1.00 bits per heavy atom. The predicted molar refractivity (Wildman–Crippen MR) is 106 cm³/mol. The van der Waals surface area contributed by atoms with E-state index in [2.05, 4.69) is 32.4 Å². The van der Waals surface area contributed by atoms with Crippen molar-refractivity contribution in [1.29, 1.82) is 0 Å². The SMILES string of the molecule is CN1C2CCC1CC(Nc1ccc(-c3ccc(-n4ccnc4)c(F)c3F)nn1)C2. The van der Waals surface area contributed by atoms with Crippen molar-refractivity contribution < 1.29 is 8.78 Å². The zero-order valence-corrected chi connectivity index (χ0v) is 16.1. The van der Waals surface area contributed by atoms with Gasteiger partial charge in [-0.05, 0) is 57.0 Å². The number of imidazole rings is 1. The van der Waals surface area contributed by atoms with Crippen LogP contribution in [0.2, 0.25) is 0 Å². The van der Waals surface area contributed by atoms with Gasteiger partial charge in [-0.1, -0.05) is 0 Å². The topological polar surface area (TPSA) is 58.9 Å². The summed E-state index contributed by atoms with van der Waals surface area (Å²) in [5.41, 5.74) is 0.488. The minimum atomic E-state index is -0.946. The molecule has 2 unspecified atom stereocenters. The lowest BCUT2D eigenvalue weighted by Gasteiger charge is -2.36. The van der Waals surface area contributed by atoms with Crippen LogP contribution in [0.1, 0.15) is 25.7 Å². The average Bonchev–Trinajstić information content (AvgIpc) is 3.31. The summed E-state index contributed by atoms with van der Waals surface area (Å²) >= 11 is 0. The molecule has 6 nitrogen and oxygen atoms in total. The first-order valence-electron chi connectivity index (χ1n) is 9.89. The fourth-order valence-corrected chi connectivity index (χ4v) is 4.63. The second kappa shape index (κ2) is 7.18. The van der Waals surface area contributed by atoms with E-state index in [4.69, 9.17) is 0 Å². The highest BCUT2D eigenvalue weighted by molar-refractivity contribution is 5.62. The molecule has 2 aliphatic heterocycles. The van der Waals surface area contributed by atoms with Gasteiger partial charge < -0.3 is 14.8 Å². The van der Waals surface area contributed by atoms with E-state index in [1.807, 2.05) is 0 Å². The Balaban J connectivity index is 1.33. The summed E-state index contributed by atoms with van der Waals surface area (Å²) < 4.78 is 30.6. The number of piperidine rings is 1. The first-order valence-corrected chi connectivity index (χ1v) is 9.89. The van der Waals surface area contributed by atoms with E-state index in [0.717, 1.165) is 12.8 Å².